The Bertz CT molecular complexity index is 409. The Morgan fingerprint density at radius 1 is 1.46 bits per heavy atom. The Morgan fingerprint density at radius 3 is 2.54 bits per heavy atom. The Balaban J connectivity index is 3.50. The summed E-state index contributed by atoms with van der Waals surface area (Å²) in [5, 5.41) is 8.74. The van der Waals surface area contributed by atoms with Gasteiger partial charge >= 0.3 is 0 Å². The molecule has 0 aliphatic carbocycles. The molecule has 1 aromatic carbocycles. The minimum Gasteiger partial charge on any atom is -0.366 e. The lowest BCUT2D eigenvalue weighted by Crippen LogP contribution is -2.12. The molecule has 0 aliphatic rings. The standard InChI is InChI=1S/C8H4Cl2N2O/c9-5-2-1-4(3-11)7(10)6(5)8(12)13/h1-2H,(H2,12,13). The van der Waals surface area contributed by atoms with Crippen LogP contribution in [0.3, 0.4) is 0 Å². The highest BCUT2D eigenvalue weighted by atomic mass is 35.5. The first-order chi connectivity index (χ1) is 6.07. The first-order valence-corrected chi connectivity index (χ1v) is 4.01. The number of amides is 1. The van der Waals surface area contributed by atoms with Crippen LogP contribution >= 0.6 is 23.2 Å². The summed E-state index contributed by atoms with van der Waals surface area (Å²) in [5.41, 5.74) is 5.19. The van der Waals surface area contributed by atoms with E-state index in [2.05, 4.69) is 0 Å². The van der Waals surface area contributed by atoms with Crippen molar-refractivity contribution in [3.63, 3.8) is 0 Å². The number of nitrogens with zero attached hydrogens (tertiary/aromatic N) is 1. The van der Waals surface area contributed by atoms with Gasteiger partial charge in [-0.2, -0.15) is 5.26 Å². The Labute approximate surface area is 84.7 Å². The number of halogens is 2. The van der Waals surface area contributed by atoms with Crippen molar-refractivity contribution in [2.45, 2.75) is 0 Å². The highest BCUT2D eigenvalue weighted by Gasteiger charge is 2.14. The lowest BCUT2D eigenvalue weighted by atomic mass is 10.1. The second-order valence-electron chi connectivity index (χ2n) is 2.26. The molecule has 0 atom stereocenters. The smallest absolute Gasteiger partial charge is 0.251 e. The van der Waals surface area contributed by atoms with Crippen LogP contribution in [0.4, 0.5) is 0 Å². The third-order valence-corrected chi connectivity index (χ3v) is 2.17. The van der Waals surface area contributed by atoms with Crippen molar-refractivity contribution in [1.29, 1.82) is 5.26 Å². The van der Waals surface area contributed by atoms with Crippen LogP contribution in [0.1, 0.15) is 15.9 Å². The Hall–Kier alpha value is -1.24. The topological polar surface area (TPSA) is 66.9 Å². The summed E-state index contributed by atoms with van der Waals surface area (Å²) in [6.45, 7) is 0. The summed E-state index contributed by atoms with van der Waals surface area (Å²) in [5.74, 6) is -0.743. The van der Waals surface area contributed by atoms with Gasteiger partial charge in [0.25, 0.3) is 5.91 Å². The van der Waals surface area contributed by atoms with Gasteiger partial charge in [-0.25, -0.2) is 0 Å². The van der Waals surface area contributed by atoms with Gasteiger partial charge in [0.2, 0.25) is 0 Å². The van der Waals surface area contributed by atoms with Crippen LogP contribution in [0.25, 0.3) is 0 Å². The van der Waals surface area contributed by atoms with Crippen molar-refractivity contribution in [1.82, 2.24) is 0 Å². The molecule has 1 amide bonds. The Morgan fingerprint density at radius 2 is 2.08 bits per heavy atom. The molecule has 0 unspecified atom stereocenters. The van der Waals surface area contributed by atoms with Gasteiger partial charge in [-0.05, 0) is 12.1 Å². The van der Waals surface area contributed by atoms with E-state index in [-0.39, 0.29) is 21.2 Å². The lowest BCUT2D eigenvalue weighted by Gasteiger charge is -2.03. The maximum absolute atomic E-state index is 10.9. The number of nitrogens with two attached hydrogens (primary N) is 1. The molecule has 3 nitrogen and oxygen atoms in total. The molecular weight excluding hydrogens is 211 g/mol. The van der Waals surface area contributed by atoms with Gasteiger partial charge in [0.1, 0.15) is 6.07 Å². The van der Waals surface area contributed by atoms with Crippen molar-refractivity contribution < 1.29 is 4.79 Å². The zero-order valence-corrected chi connectivity index (χ0v) is 7.86. The summed E-state index contributed by atoms with van der Waals surface area (Å²) < 4.78 is 0. The third-order valence-electron chi connectivity index (χ3n) is 1.46. The molecule has 0 spiro atoms. The monoisotopic (exact) mass is 214 g/mol. The number of carbonyl (C=O) groups is 1. The maximum Gasteiger partial charge on any atom is 0.251 e. The minimum absolute atomic E-state index is 0.00231. The fourth-order valence-electron chi connectivity index (χ4n) is 0.865. The molecule has 0 heterocycles. The summed E-state index contributed by atoms with van der Waals surface area (Å²) in [6, 6.07) is 4.66. The van der Waals surface area contributed by atoms with E-state index in [1.807, 2.05) is 6.07 Å². The van der Waals surface area contributed by atoms with Gasteiger partial charge < -0.3 is 5.73 Å². The van der Waals surface area contributed by atoms with Crippen molar-refractivity contribution in [2.24, 2.45) is 5.73 Å². The van der Waals surface area contributed by atoms with Gasteiger partial charge in [-0.15, -0.1) is 0 Å². The highest BCUT2D eigenvalue weighted by molar-refractivity contribution is 6.40. The van der Waals surface area contributed by atoms with Crippen LogP contribution in [-0.4, -0.2) is 5.91 Å². The van der Waals surface area contributed by atoms with Gasteiger partial charge in [0.05, 0.1) is 21.2 Å². The number of nitriles is 1. The molecule has 0 saturated heterocycles. The summed E-state index contributed by atoms with van der Waals surface area (Å²) in [7, 11) is 0. The summed E-state index contributed by atoms with van der Waals surface area (Å²) in [4.78, 5) is 10.9. The van der Waals surface area contributed by atoms with E-state index in [0.717, 1.165) is 0 Å². The molecule has 0 fully saturated rings. The zero-order chi connectivity index (χ0) is 10.0. The molecule has 5 heteroatoms. The first-order valence-electron chi connectivity index (χ1n) is 3.26. The molecule has 13 heavy (non-hydrogen) atoms. The average Bonchev–Trinajstić information content (AvgIpc) is 2.04. The minimum atomic E-state index is -0.743. The van der Waals surface area contributed by atoms with Gasteiger partial charge in [0.15, 0.2) is 0 Å². The third kappa shape index (κ3) is 1.74. The Kier molecular flexibility index (Phi) is 2.76. The van der Waals surface area contributed by atoms with E-state index in [4.69, 9.17) is 34.2 Å². The average molecular weight is 215 g/mol. The summed E-state index contributed by atoms with van der Waals surface area (Å²) in [6.07, 6.45) is 0. The van der Waals surface area contributed by atoms with E-state index in [0.29, 0.717) is 0 Å². The number of carbonyl (C=O) groups excluding carboxylic acids is 1. The number of benzene rings is 1. The van der Waals surface area contributed by atoms with Crippen molar-refractivity contribution in [2.75, 3.05) is 0 Å². The van der Waals surface area contributed by atoms with Crippen LogP contribution in [0, 0.1) is 11.3 Å². The lowest BCUT2D eigenvalue weighted by molar-refractivity contribution is 0.100. The molecule has 0 radical (unpaired) electrons. The molecule has 2 N–H and O–H groups in total. The van der Waals surface area contributed by atoms with Crippen molar-refractivity contribution in [3.8, 4) is 6.07 Å². The molecule has 0 aliphatic heterocycles. The fourth-order valence-corrected chi connectivity index (χ4v) is 1.46. The molecular formula is C8H4Cl2N2O. The van der Waals surface area contributed by atoms with E-state index < -0.39 is 5.91 Å². The second-order valence-corrected chi connectivity index (χ2v) is 3.05. The van der Waals surface area contributed by atoms with E-state index in [1.165, 1.54) is 12.1 Å². The van der Waals surface area contributed by atoms with E-state index in [9.17, 15) is 4.79 Å². The first kappa shape index (κ1) is 9.85. The largest absolute Gasteiger partial charge is 0.366 e. The number of hydrogen-bond donors (Lipinski definition) is 1. The molecule has 66 valence electrons. The van der Waals surface area contributed by atoms with Crippen molar-refractivity contribution >= 4 is 29.1 Å². The fraction of sp³-hybridized carbons (Fsp3) is 0. The summed E-state index contributed by atoms with van der Waals surface area (Å²) >= 11 is 11.4. The van der Waals surface area contributed by atoms with Gasteiger partial charge in [-0.3, -0.25) is 4.79 Å². The highest BCUT2D eigenvalue weighted by Crippen LogP contribution is 2.27. The normalized spacial score (nSPS) is 9.31. The molecule has 0 aromatic heterocycles. The SMILES string of the molecule is N#Cc1ccc(Cl)c(C(N)=O)c1Cl. The number of hydrogen-bond acceptors (Lipinski definition) is 2. The zero-order valence-electron chi connectivity index (χ0n) is 6.34. The van der Waals surface area contributed by atoms with E-state index >= 15 is 0 Å². The quantitative estimate of drug-likeness (QED) is 0.777. The van der Waals surface area contributed by atoms with Gasteiger partial charge in [-0.1, -0.05) is 23.2 Å². The predicted molar refractivity (Wildman–Crippen MR) is 49.7 cm³/mol. The van der Waals surface area contributed by atoms with Crippen LogP contribution in [-0.2, 0) is 0 Å². The van der Waals surface area contributed by atoms with Crippen LogP contribution < -0.4 is 5.73 Å². The number of primary amides is 1. The van der Waals surface area contributed by atoms with Crippen LogP contribution in [0.15, 0.2) is 12.1 Å². The van der Waals surface area contributed by atoms with Gasteiger partial charge in [0, 0.05) is 0 Å². The number of rotatable bonds is 1. The van der Waals surface area contributed by atoms with Crippen LogP contribution in [0.2, 0.25) is 10.0 Å². The molecule has 0 bridgehead atoms. The van der Waals surface area contributed by atoms with E-state index in [1.54, 1.807) is 0 Å². The second kappa shape index (κ2) is 3.65. The maximum atomic E-state index is 10.9. The van der Waals surface area contributed by atoms with Crippen molar-refractivity contribution in [3.05, 3.63) is 33.3 Å². The van der Waals surface area contributed by atoms with Crippen LogP contribution in [0.5, 0.6) is 0 Å². The predicted octanol–water partition coefficient (Wildman–Crippen LogP) is 1.96. The molecule has 1 rings (SSSR count). The molecule has 1 aromatic rings. The molecule has 0 saturated carbocycles.